The van der Waals surface area contributed by atoms with E-state index in [0.717, 1.165) is 12.8 Å². The van der Waals surface area contributed by atoms with Crippen LogP contribution in [0.15, 0.2) is 36.4 Å². The van der Waals surface area contributed by atoms with E-state index in [-0.39, 0.29) is 11.5 Å². The minimum atomic E-state index is -0.236. The van der Waals surface area contributed by atoms with Gasteiger partial charge in [0.15, 0.2) is 0 Å². The molecule has 0 saturated carbocycles. The Morgan fingerprint density at radius 2 is 1.81 bits per heavy atom. The minimum Gasteiger partial charge on any atom is -0.393 e. The molecule has 1 nitrogen and oxygen atoms in total. The van der Waals surface area contributed by atoms with Gasteiger partial charge in [0.2, 0.25) is 0 Å². The smallest absolute Gasteiger partial charge is 0.0579 e. The van der Waals surface area contributed by atoms with Crippen LogP contribution in [0.1, 0.15) is 39.2 Å². The topological polar surface area (TPSA) is 20.2 Å². The van der Waals surface area contributed by atoms with Crippen LogP contribution >= 0.6 is 0 Å². The lowest BCUT2D eigenvalue weighted by Gasteiger charge is -2.21. The van der Waals surface area contributed by atoms with Crippen molar-refractivity contribution in [2.45, 2.75) is 39.7 Å². The second-order valence-electron chi connectivity index (χ2n) is 5.47. The molecular weight excluding hydrogens is 196 g/mol. The first-order chi connectivity index (χ1) is 7.47. The summed E-state index contributed by atoms with van der Waals surface area (Å²) in [5, 5.41) is 9.81. The van der Waals surface area contributed by atoms with Crippen molar-refractivity contribution >= 4 is 6.08 Å². The zero-order chi connectivity index (χ0) is 12.0. The van der Waals surface area contributed by atoms with E-state index in [1.54, 1.807) is 0 Å². The van der Waals surface area contributed by atoms with Crippen molar-refractivity contribution in [1.29, 1.82) is 0 Å². The third kappa shape index (κ3) is 5.72. The molecule has 1 atom stereocenters. The summed E-state index contributed by atoms with van der Waals surface area (Å²) in [5.74, 6) is 0. The lowest BCUT2D eigenvalue weighted by atomic mass is 9.88. The Hall–Kier alpha value is -1.08. The van der Waals surface area contributed by atoms with Gasteiger partial charge in [0, 0.05) is 0 Å². The van der Waals surface area contributed by atoms with E-state index in [0.29, 0.717) is 0 Å². The average molecular weight is 218 g/mol. The van der Waals surface area contributed by atoms with Crippen molar-refractivity contribution < 1.29 is 5.11 Å². The molecule has 0 spiro atoms. The second kappa shape index (κ2) is 5.86. The molecule has 0 radical (unpaired) electrons. The quantitative estimate of drug-likeness (QED) is 0.813. The molecule has 1 rings (SSSR count). The van der Waals surface area contributed by atoms with Crippen LogP contribution in [-0.4, -0.2) is 11.2 Å². The van der Waals surface area contributed by atoms with E-state index in [9.17, 15) is 5.11 Å². The largest absolute Gasteiger partial charge is 0.393 e. The molecule has 1 N–H and O–H groups in total. The molecule has 88 valence electrons. The van der Waals surface area contributed by atoms with Gasteiger partial charge in [0.05, 0.1) is 6.10 Å². The van der Waals surface area contributed by atoms with E-state index in [1.165, 1.54) is 5.56 Å². The zero-order valence-corrected chi connectivity index (χ0v) is 10.5. The average Bonchev–Trinajstić information content (AvgIpc) is 2.16. The summed E-state index contributed by atoms with van der Waals surface area (Å²) in [4.78, 5) is 0. The molecule has 0 aliphatic rings. The Morgan fingerprint density at radius 3 is 2.38 bits per heavy atom. The number of hydrogen-bond acceptors (Lipinski definition) is 1. The lowest BCUT2D eigenvalue weighted by Crippen LogP contribution is -2.16. The van der Waals surface area contributed by atoms with Crippen LogP contribution in [0.2, 0.25) is 0 Å². The van der Waals surface area contributed by atoms with Gasteiger partial charge in [-0.05, 0) is 23.8 Å². The van der Waals surface area contributed by atoms with Crippen LogP contribution in [0.3, 0.4) is 0 Å². The molecule has 1 heteroatoms. The summed E-state index contributed by atoms with van der Waals surface area (Å²) in [6.45, 7) is 6.45. The SMILES string of the molecule is CC(C)(C)CC(O)C/C=C/c1ccccc1. The summed E-state index contributed by atoms with van der Waals surface area (Å²) in [6.07, 6.45) is 5.44. The highest BCUT2D eigenvalue weighted by molar-refractivity contribution is 5.48. The van der Waals surface area contributed by atoms with Crippen molar-refractivity contribution in [3.8, 4) is 0 Å². The lowest BCUT2D eigenvalue weighted by molar-refractivity contribution is 0.124. The number of hydrogen-bond donors (Lipinski definition) is 1. The Labute approximate surface area is 98.8 Å². The molecule has 1 unspecified atom stereocenters. The first-order valence-electron chi connectivity index (χ1n) is 5.87. The molecule has 0 saturated heterocycles. The number of rotatable bonds is 4. The van der Waals surface area contributed by atoms with Crippen molar-refractivity contribution in [2.75, 3.05) is 0 Å². The van der Waals surface area contributed by atoms with Crippen molar-refractivity contribution in [1.82, 2.24) is 0 Å². The van der Waals surface area contributed by atoms with Crippen LogP contribution < -0.4 is 0 Å². The summed E-state index contributed by atoms with van der Waals surface area (Å²) in [5.41, 5.74) is 1.38. The van der Waals surface area contributed by atoms with Gasteiger partial charge in [-0.25, -0.2) is 0 Å². The Morgan fingerprint density at radius 1 is 1.19 bits per heavy atom. The van der Waals surface area contributed by atoms with Crippen molar-refractivity contribution in [2.24, 2.45) is 5.41 Å². The van der Waals surface area contributed by atoms with Gasteiger partial charge < -0.3 is 5.11 Å². The van der Waals surface area contributed by atoms with Gasteiger partial charge in [0.1, 0.15) is 0 Å². The molecule has 1 aromatic rings. The van der Waals surface area contributed by atoms with Crippen LogP contribution in [0.5, 0.6) is 0 Å². The first-order valence-corrected chi connectivity index (χ1v) is 5.87. The molecule has 1 aromatic carbocycles. The Kier molecular flexibility index (Phi) is 4.75. The van der Waals surface area contributed by atoms with E-state index < -0.39 is 0 Å². The van der Waals surface area contributed by atoms with E-state index >= 15 is 0 Å². The molecule has 0 aliphatic carbocycles. The first kappa shape index (κ1) is 13.0. The molecular formula is C15H22O. The molecule has 0 bridgehead atoms. The predicted octanol–water partition coefficient (Wildman–Crippen LogP) is 3.89. The van der Waals surface area contributed by atoms with Crippen molar-refractivity contribution in [3.63, 3.8) is 0 Å². The van der Waals surface area contributed by atoms with E-state index in [1.807, 2.05) is 24.3 Å². The third-order valence-corrected chi connectivity index (χ3v) is 2.37. The van der Waals surface area contributed by atoms with Gasteiger partial charge in [-0.1, -0.05) is 63.3 Å². The fourth-order valence-electron chi connectivity index (χ4n) is 1.72. The number of aliphatic hydroxyl groups excluding tert-OH is 1. The summed E-state index contributed by atoms with van der Waals surface area (Å²) >= 11 is 0. The molecule has 0 aliphatic heterocycles. The van der Waals surface area contributed by atoms with E-state index in [4.69, 9.17) is 0 Å². The molecule has 0 aromatic heterocycles. The Bertz CT molecular complexity index is 319. The zero-order valence-electron chi connectivity index (χ0n) is 10.5. The Balaban J connectivity index is 2.37. The fourth-order valence-corrected chi connectivity index (χ4v) is 1.72. The number of benzene rings is 1. The van der Waals surface area contributed by atoms with Gasteiger partial charge in [-0.15, -0.1) is 0 Å². The van der Waals surface area contributed by atoms with Gasteiger partial charge >= 0.3 is 0 Å². The van der Waals surface area contributed by atoms with Crippen molar-refractivity contribution in [3.05, 3.63) is 42.0 Å². The highest BCUT2D eigenvalue weighted by atomic mass is 16.3. The standard InChI is InChI=1S/C15H22O/c1-15(2,3)12-14(16)11-7-10-13-8-5-4-6-9-13/h4-10,14,16H,11-12H2,1-3H3/b10-7+. The van der Waals surface area contributed by atoms with E-state index in [2.05, 4.69) is 39.0 Å². The fraction of sp³-hybridized carbons (Fsp3) is 0.467. The second-order valence-corrected chi connectivity index (χ2v) is 5.47. The van der Waals surface area contributed by atoms with Crippen LogP contribution in [0.25, 0.3) is 6.08 Å². The van der Waals surface area contributed by atoms with Crippen LogP contribution in [0.4, 0.5) is 0 Å². The van der Waals surface area contributed by atoms with Gasteiger partial charge in [-0.3, -0.25) is 0 Å². The van der Waals surface area contributed by atoms with Gasteiger partial charge in [0.25, 0.3) is 0 Å². The maximum atomic E-state index is 9.81. The molecule has 16 heavy (non-hydrogen) atoms. The van der Waals surface area contributed by atoms with Gasteiger partial charge in [-0.2, -0.15) is 0 Å². The van der Waals surface area contributed by atoms with Crippen LogP contribution in [-0.2, 0) is 0 Å². The molecule has 0 amide bonds. The molecule has 0 fully saturated rings. The number of aliphatic hydroxyl groups is 1. The summed E-state index contributed by atoms with van der Waals surface area (Å²) < 4.78 is 0. The highest BCUT2D eigenvalue weighted by Crippen LogP contribution is 2.22. The maximum Gasteiger partial charge on any atom is 0.0579 e. The highest BCUT2D eigenvalue weighted by Gasteiger charge is 2.15. The maximum absolute atomic E-state index is 9.81. The normalized spacial score (nSPS) is 14.2. The minimum absolute atomic E-state index is 0.194. The van der Waals surface area contributed by atoms with Crippen LogP contribution in [0, 0.1) is 5.41 Å². The monoisotopic (exact) mass is 218 g/mol. The molecule has 0 heterocycles. The predicted molar refractivity (Wildman–Crippen MR) is 70.2 cm³/mol. The third-order valence-electron chi connectivity index (χ3n) is 2.37. The summed E-state index contributed by atoms with van der Waals surface area (Å²) in [7, 11) is 0. The summed E-state index contributed by atoms with van der Waals surface area (Å²) in [6, 6.07) is 10.2.